The lowest BCUT2D eigenvalue weighted by Gasteiger charge is -2.11. The van der Waals surface area contributed by atoms with Crippen molar-refractivity contribution < 1.29 is 48.4 Å². The van der Waals surface area contributed by atoms with E-state index in [2.05, 4.69) is 45.1 Å². The van der Waals surface area contributed by atoms with Crippen LogP contribution in [0.4, 0.5) is 33.3 Å². The van der Waals surface area contributed by atoms with Crippen LogP contribution < -0.4 is 9.44 Å². The molecule has 0 radical (unpaired) electrons. The quantitative estimate of drug-likeness (QED) is 0.0543. The predicted molar refractivity (Wildman–Crippen MR) is 233 cm³/mol. The number of anilines is 2. The van der Waals surface area contributed by atoms with E-state index in [9.17, 15) is 48.4 Å². The standard InChI is InChI=1S/C22H18F3N5O3S.C20H18F2N6O3S/c23-7-3-9-34(32,33)30-16-6-5-15(24)19(20(16)25)18(31)11-13-10-14-21(17-4-1-2-8-26-17)28-29-22(14)27-12-13;1-2-7-32(30,31)27-15-4-3-14(21)17(18(15)22)16(29)9-12-8-13-19(24-10-12)25-26-20(13)28-6-5-23-11-28/h1-2,4-6,8,10,12,30H,3,7,9,11H2,(H,27,28,29);3-6,8,10-11,27H,2,7,9H2,1H3,(H,24,25,26). The number of hydrogen-bond donors (Lipinski definition) is 4. The number of nitrogens with zero attached hydrogens (tertiary/aromatic N) is 7. The number of alkyl halides is 1. The number of benzene rings is 2. The highest BCUT2D eigenvalue weighted by Gasteiger charge is 2.25. The van der Waals surface area contributed by atoms with Crippen LogP contribution in [-0.4, -0.2) is 91.5 Å². The number of aromatic amines is 2. The van der Waals surface area contributed by atoms with Crippen LogP contribution in [0.1, 0.15) is 51.6 Å². The number of halogens is 5. The summed E-state index contributed by atoms with van der Waals surface area (Å²) in [5.41, 5.74) is 0.00287. The van der Waals surface area contributed by atoms with Crippen LogP contribution in [0.2, 0.25) is 0 Å². The van der Waals surface area contributed by atoms with E-state index in [1.54, 1.807) is 66.7 Å². The van der Waals surface area contributed by atoms with Crippen molar-refractivity contribution in [3.05, 3.63) is 137 Å². The first-order valence-corrected chi connectivity index (χ1v) is 23.0. The maximum atomic E-state index is 14.9. The van der Waals surface area contributed by atoms with E-state index < -0.39 is 96.2 Å². The third-order valence-electron chi connectivity index (χ3n) is 9.61. The van der Waals surface area contributed by atoms with Crippen molar-refractivity contribution >= 4 is 65.1 Å². The van der Waals surface area contributed by atoms with Gasteiger partial charge < -0.3 is 0 Å². The van der Waals surface area contributed by atoms with Crippen LogP contribution in [0, 0.1) is 23.3 Å². The van der Waals surface area contributed by atoms with Crippen molar-refractivity contribution in [2.24, 2.45) is 0 Å². The molecule has 0 saturated heterocycles. The zero-order valence-electron chi connectivity index (χ0n) is 34.4. The van der Waals surface area contributed by atoms with Gasteiger partial charge in [0.05, 0.1) is 57.5 Å². The second-order valence-corrected chi connectivity index (χ2v) is 18.1. The molecule has 0 atom stereocenters. The molecule has 0 bridgehead atoms. The maximum absolute atomic E-state index is 14.9. The monoisotopic (exact) mass is 949 g/mol. The molecule has 0 aliphatic rings. The minimum Gasteiger partial charge on any atom is -0.294 e. The zero-order chi connectivity index (χ0) is 47.2. The average Bonchev–Trinajstić information content (AvgIpc) is 4.06. The van der Waals surface area contributed by atoms with Gasteiger partial charge in [-0.05, 0) is 72.5 Å². The molecule has 8 aromatic rings. The van der Waals surface area contributed by atoms with Gasteiger partial charge in [0.15, 0.2) is 40.3 Å². The lowest BCUT2D eigenvalue weighted by Crippen LogP contribution is -2.19. The molecule has 4 N–H and O–H groups in total. The number of rotatable bonds is 17. The molecule has 8 rings (SSSR count). The highest BCUT2D eigenvalue weighted by atomic mass is 32.2. The molecule has 66 heavy (non-hydrogen) atoms. The molecule has 342 valence electrons. The van der Waals surface area contributed by atoms with Crippen LogP contribution in [0.25, 0.3) is 39.3 Å². The molecule has 0 aliphatic carbocycles. The normalized spacial score (nSPS) is 11.7. The summed E-state index contributed by atoms with van der Waals surface area (Å²) in [7, 11) is -7.89. The molecule has 0 amide bonds. The minimum atomic E-state index is -4.07. The van der Waals surface area contributed by atoms with Crippen LogP contribution in [0.5, 0.6) is 0 Å². The number of pyridine rings is 3. The Balaban J connectivity index is 0.000000197. The van der Waals surface area contributed by atoms with E-state index in [-0.39, 0.29) is 18.6 Å². The Hall–Kier alpha value is -7.47. The molecular weight excluding hydrogens is 914 g/mol. The lowest BCUT2D eigenvalue weighted by atomic mass is 10.0. The molecule has 0 spiro atoms. The molecule has 24 heteroatoms. The van der Waals surface area contributed by atoms with Gasteiger partial charge in [0.1, 0.15) is 18.0 Å². The summed E-state index contributed by atoms with van der Waals surface area (Å²) in [6, 6.07) is 12.0. The molecule has 2 aromatic carbocycles. The maximum Gasteiger partial charge on any atom is 0.232 e. The lowest BCUT2D eigenvalue weighted by molar-refractivity contribution is 0.0976. The number of ketones is 2. The Kier molecular flexibility index (Phi) is 13.9. The SMILES string of the molecule is CCCS(=O)(=O)Nc1ccc(F)c(C(=O)Cc2cnc3[nH]nc(-n4ccnc4)c3c2)c1F.O=C(Cc1cnc2n[nH]c(-c3ccccn3)c2c1)c1c(F)ccc(NS(=O)(=O)CCCF)c1F. The van der Waals surface area contributed by atoms with Crippen molar-refractivity contribution in [3.8, 4) is 17.2 Å². The van der Waals surface area contributed by atoms with Gasteiger partial charge in [-0.3, -0.25) is 43.2 Å². The van der Waals surface area contributed by atoms with Crippen LogP contribution >= 0.6 is 0 Å². The number of nitrogens with one attached hydrogen (secondary N) is 4. The fourth-order valence-electron chi connectivity index (χ4n) is 6.63. The van der Waals surface area contributed by atoms with Crippen molar-refractivity contribution in [1.29, 1.82) is 0 Å². The molecule has 17 nitrogen and oxygen atoms in total. The third kappa shape index (κ3) is 10.6. The highest BCUT2D eigenvalue weighted by molar-refractivity contribution is 7.92. The van der Waals surface area contributed by atoms with Crippen LogP contribution in [0.15, 0.2) is 91.9 Å². The minimum absolute atomic E-state index is 0.233. The zero-order valence-corrected chi connectivity index (χ0v) is 36.0. The summed E-state index contributed by atoms with van der Waals surface area (Å²) in [6.45, 7) is 0.784. The topological polar surface area (TPSA) is 240 Å². The number of H-pyrrole nitrogens is 2. The Morgan fingerprint density at radius 3 is 1.92 bits per heavy atom. The first kappa shape index (κ1) is 46.5. The Morgan fingerprint density at radius 2 is 1.35 bits per heavy atom. The fraction of sp³-hybridized carbons (Fsp3) is 0.190. The van der Waals surface area contributed by atoms with Crippen LogP contribution in [-0.2, 0) is 32.9 Å². The number of imidazole rings is 1. The molecule has 0 aliphatic heterocycles. The number of aromatic nitrogens is 9. The van der Waals surface area contributed by atoms with E-state index in [0.717, 1.165) is 24.3 Å². The number of carbonyl (C=O) groups excluding carboxylic acids is 2. The summed E-state index contributed by atoms with van der Waals surface area (Å²) < 4.78 is 124. The molecule has 0 fully saturated rings. The Labute approximate surface area is 372 Å². The molecule has 6 aromatic heterocycles. The molecule has 0 saturated carbocycles. The molecule has 0 unspecified atom stereocenters. The van der Waals surface area contributed by atoms with Gasteiger partial charge in [0.25, 0.3) is 0 Å². The van der Waals surface area contributed by atoms with E-state index in [1.165, 1.54) is 12.4 Å². The van der Waals surface area contributed by atoms with E-state index in [0.29, 0.717) is 56.8 Å². The van der Waals surface area contributed by atoms with Gasteiger partial charge in [-0.25, -0.2) is 49.3 Å². The van der Waals surface area contributed by atoms with Gasteiger partial charge in [0.2, 0.25) is 20.0 Å². The number of sulfonamides is 2. The number of fused-ring (bicyclic) bond motifs is 2. The average molecular weight is 950 g/mol. The van der Waals surface area contributed by atoms with Crippen molar-refractivity contribution in [2.45, 2.75) is 32.6 Å². The first-order chi connectivity index (χ1) is 31.6. The fourth-order valence-corrected chi connectivity index (χ4v) is 8.85. The van der Waals surface area contributed by atoms with Crippen molar-refractivity contribution in [1.82, 2.24) is 44.9 Å². The predicted octanol–water partition coefficient (Wildman–Crippen LogP) is 6.82. The summed E-state index contributed by atoms with van der Waals surface area (Å²) in [6.07, 6.45) is 8.46. The third-order valence-corrected chi connectivity index (χ3v) is 12.4. The van der Waals surface area contributed by atoms with E-state index in [1.807, 2.05) is 4.72 Å². The van der Waals surface area contributed by atoms with Crippen LogP contribution in [0.3, 0.4) is 0 Å². The van der Waals surface area contributed by atoms with E-state index >= 15 is 0 Å². The smallest absolute Gasteiger partial charge is 0.232 e. The van der Waals surface area contributed by atoms with Crippen molar-refractivity contribution in [2.75, 3.05) is 27.6 Å². The molecule has 6 heterocycles. The Bertz CT molecular complexity index is 3300. The van der Waals surface area contributed by atoms with Gasteiger partial charge in [0, 0.05) is 49.2 Å². The second-order valence-electron chi connectivity index (χ2n) is 14.4. The first-order valence-electron chi connectivity index (χ1n) is 19.7. The summed E-state index contributed by atoms with van der Waals surface area (Å²) in [4.78, 5) is 42.2. The van der Waals surface area contributed by atoms with Gasteiger partial charge >= 0.3 is 0 Å². The summed E-state index contributed by atoms with van der Waals surface area (Å²) in [5.74, 6) is -6.91. The summed E-state index contributed by atoms with van der Waals surface area (Å²) in [5, 5.41) is 15.0. The largest absolute Gasteiger partial charge is 0.294 e. The highest BCUT2D eigenvalue weighted by Crippen LogP contribution is 2.28. The van der Waals surface area contributed by atoms with Crippen molar-refractivity contribution in [3.63, 3.8) is 0 Å². The van der Waals surface area contributed by atoms with Gasteiger partial charge in [-0.2, -0.15) is 10.2 Å². The van der Waals surface area contributed by atoms with Gasteiger partial charge in [-0.15, -0.1) is 0 Å². The van der Waals surface area contributed by atoms with Gasteiger partial charge in [-0.1, -0.05) is 13.0 Å². The second kappa shape index (κ2) is 19.7. The Morgan fingerprint density at radius 1 is 0.727 bits per heavy atom. The molecular formula is C42H36F5N11O6S2. The number of hydrogen-bond acceptors (Lipinski definition) is 12. The number of Topliss-reactive ketones (excluding diaryl/α,β-unsaturated/α-hetero) is 2. The van der Waals surface area contributed by atoms with E-state index in [4.69, 9.17) is 0 Å². The number of carbonyl (C=O) groups is 2. The summed E-state index contributed by atoms with van der Waals surface area (Å²) >= 11 is 0.